The zero-order valence-electron chi connectivity index (χ0n) is 11.8. The second kappa shape index (κ2) is 5.75. The summed E-state index contributed by atoms with van der Waals surface area (Å²) < 4.78 is 40.7. The van der Waals surface area contributed by atoms with E-state index in [0.29, 0.717) is 0 Å². The summed E-state index contributed by atoms with van der Waals surface area (Å²) in [5.74, 6) is -0.851. The number of sulfonamides is 1. The Morgan fingerprint density at radius 3 is 2.57 bits per heavy atom. The molecule has 4 nitrogen and oxygen atoms in total. The summed E-state index contributed by atoms with van der Waals surface area (Å²) in [5, 5.41) is 1.93. The van der Waals surface area contributed by atoms with Gasteiger partial charge in [0.15, 0.2) is 0 Å². The Bertz CT molecular complexity index is 705. The second-order valence-electron chi connectivity index (χ2n) is 5.34. The van der Waals surface area contributed by atoms with Crippen LogP contribution in [0, 0.1) is 5.82 Å². The third kappa shape index (κ3) is 3.42. The third-order valence-corrected chi connectivity index (χ3v) is 5.89. The van der Waals surface area contributed by atoms with Crippen molar-refractivity contribution in [1.82, 2.24) is 4.72 Å². The van der Waals surface area contributed by atoms with Crippen LogP contribution in [-0.2, 0) is 15.4 Å². The van der Waals surface area contributed by atoms with Crippen LogP contribution in [0.15, 0.2) is 40.6 Å². The van der Waals surface area contributed by atoms with Gasteiger partial charge in [-0.05, 0) is 23.6 Å². The molecule has 114 valence electrons. The molecule has 0 saturated heterocycles. The molecule has 3 N–H and O–H groups in total. The first-order chi connectivity index (χ1) is 9.74. The van der Waals surface area contributed by atoms with Gasteiger partial charge in [-0.2, -0.15) is 0 Å². The summed E-state index contributed by atoms with van der Waals surface area (Å²) in [4.78, 5) is 0.554. The molecule has 0 aliphatic rings. The summed E-state index contributed by atoms with van der Waals surface area (Å²) in [6.07, 6.45) is 0. The predicted octanol–water partition coefficient (Wildman–Crippen LogP) is 2.73. The molecule has 0 aliphatic heterocycles. The smallest absolute Gasteiger partial charge is 0.245 e. The van der Waals surface area contributed by atoms with Crippen LogP contribution in [0.3, 0.4) is 0 Å². The van der Waals surface area contributed by atoms with Gasteiger partial charge in [-0.15, -0.1) is 11.3 Å². The average molecular weight is 328 g/mol. The number of thiophene rings is 1. The van der Waals surface area contributed by atoms with Gasteiger partial charge in [-0.25, -0.2) is 17.5 Å². The predicted molar refractivity (Wildman–Crippen MR) is 83.3 cm³/mol. The molecule has 0 unspecified atom stereocenters. The Morgan fingerprint density at radius 2 is 2.00 bits per heavy atom. The van der Waals surface area contributed by atoms with Crippen LogP contribution >= 0.6 is 11.3 Å². The lowest BCUT2D eigenvalue weighted by molar-refractivity contribution is 0.505. The van der Waals surface area contributed by atoms with E-state index in [1.165, 1.54) is 12.1 Å². The molecule has 0 fully saturated rings. The molecular weight excluding hydrogens is 311 g/mol. The van der Waals surface area contributed by atoms with E-state index in [1.807, 2.05) is 31.4 Å². The van der Waals surface area contributed by atoms with Crippen molar-refractivity contribution in [2.24, 2.45) is 0 Å². The van der Waals surface area contributed by atoms with Gasteiger partial charge in [0.25, 0.3) is 0 Å². The van der Waals surface area contributed by atoms with Crippen LogP contribution in [0.4, 0.5) is 10.1 Å². The SMILES string of the molecule is CC(C)(CNS(=O)(=O)c1c(N)cccc1F)c1cccs1. The van der Waals surface area contributed by atoms with Crippen LogP contribution in [0.25, 0.3) is 0 Å². The van der Waals surface area contributed by atoms with E-state index in [0.717, 1.165) is 10.9 Å². The Labute approximate surface area is 127 Å². The third-order valence-electron chi connectivity index (χ3n) is 3.16. The molecule has 1 heterocycles. The fourth-order valence-corrected chi connectivity index (χ4v) is 4.16. The maximum atomic E-state index is 13.7. The van der Waals surface area contributed by atoms with Crippen LogP contribution in [0.2, 0.25) is 0 Å². The summed E-state index contributed by atoms with van der Waals surface area (Å²) in [7, 11) is -3.99. The van der Waals surface area contributed by atoms with E-state index in [1.54, 1.807) is 11.3 Å². The number of rotatable bonds is 5. The lowest BCUT2D eigenvalue weighted by Crippen LogP contribution is -2.36. The maximum absolute atomic E-state index is 13.7. The number of hydrogen-bond acceptors (Lipinski definition) is 4. The van der Waals surface area contributed by atoms with Gasteiger partial charge >= 0.3 is 0 Å². The van der Waals surface area contributed by atoms with Gasteiger partial charge in [-0.3, -0.25) is 0 Å². The Kier molecular flexibility index (Phi) is 4.36. The van der Waals surface area contributed by atoms with E-state index in [9.17, 15) is 12.8 Å². The number of nitrogen functional groups attached to an aromatic ring is 1. The molecule has 0 aliphatic carbocycles. The molecule has 21 heavy (non-hydrogen) atoms. The van der Waals surface area contributed by atoms with E-state index >= 15 is 0 Å². The van der Waals surface area contributed by atoms with Crippen LogP contribution < -0.4 is 10.5 Å². The molecule has 2 rings (SSSR count). The highest BCUT2D eigenvalue weighted by molar-refractivity contribution is 7.89. The standard InChI is InChI=1S/C14H17FN2O2S2/c1-14(2,12-7-4-8-20-12)9-17-21(18,19)13-10(15)5-3-6-11(13)16/h3-8,17H,9,16H2,1-2H3. The zero-order chi connectivity index (χ0) is 15.7. The fourth-order valence-electron chi connectivity index (χ4n) is 1.91. The van der Waals surface area contributed by atoms with E-state index < -0.39 is 20.7 Å². The summed E-state index contributed by atoms with van der Waals surface area (Å²) in [5.41, 5.74) is 5.10. The number of hydrogen-bond donors (Lipinski definition) is 2. The van der Waals surface area contributed by atoms with Crippen molar-refractivity contribution in [1.29, 1.82) is 0 Å². The average Bonchev–Trinajstić information content (AvgIpc) is 2.91. The highest BCUT2D eigenvalue weighted by atomic mass is 32.2. The fraction of sp³-hybridized carbons (Fsp3) is 0.286. The van der Waals surface area contributed by atoms with Gasteiger partial charge in [0.2, 0.25) is 10.0 Å². The molecule has 1 aromatic heterocycles. The first kappa shape index (κ1) is 15.9. The summed E-state index contributed by atoms with van der Waals surface area (Å²) in [6.45, 7) is 4.00. The minimum absolute atomic E-state index is 0.101. The van der Waals surface area contributed by atoms with Crippen LogP contribution in [0.1, 0.15) is 18.7 Å². The van der Waals surface area contributed by atoms with E-state index in [-0.39, 0.29) is 17.6 Å². The first-order valence-corrected chi connectivity index (χ1v) is 8.68. The van der Waals surface area contributed by atoms with E-state index in [4.69, 9.17) is 5.73 Å². The van der Waals surface area contributed by atoms with Gasteiger partial charge in [0.1, 0.15) is 10.7 Å². The van der Waals surface area contributed by atoms with Gasteiger partial charge in [0, 0.05) is 16.8 Å². The Balaban J connectivity index is 2.23. The van der Waals surface area contributed by atoms with Crippen molar-refractivity contribution in [3.05, 3.63) is 46.4 Å². The lowest BCUT2D eigenvalue weighted by Gasteiger charge is -2.23. The lowest BCUT2D eigenvalue weighted by atomic mass is 9.92. The largest absolute Gasteiger partial charge is 0.398 e. The zero-order valence-corrected chi connectivity index (χ0v) is 13.4. The molecule has 0 saturated carbocycles. The summed E-state index contributed by atoms with van der Waals surface area (Å²) in [6, 6.07) is 7.66. The molecular formula is C14H17FN2O2S2. The number of anilines is 1. The molecule has 0 atom stereocenters. The van der Waals surface area contributed by atoms with Gasteiger partial charge < -0.3 is 5.73 Å². The van der Waals surface area contributed by atoms with Crippen LogP contribution in [0.5, 0.6) is 0 Å². The number of nitrogens with two attached hydrogens (primary N) is 1. The van der Waals surface area contributed by atoms with Crippen molar-refractivity contribution in [2.75, 3.05) is 12.3 Å². The van der Waals surface area contributed by atoms with Gasteiger partial charge in [-0.1, -0.05) is 26.0 Å². The normalized spacial score (nSPS) is 12.5. The maximum Gasteiger partial charge on any atom is 0.245 e. The minimum Gasteiger partial charge on any atom is -0.398 e. The number of benzene rings is 1. The van der Waals surface area contributed by atoms with Crippen molar-refractivity contribution >= 4 is 27.0 Å². The van der Waals surface area contributed by atoms with Crippen molar-refractivity contribution in [2.45, 2.75) is 24.2 Å². The van der Waals surface area contributed by atoms with E-state index in [2.05, 4.69) is 4.72 Å². The minimum atomic E-state index is -3.99. The molecule has 2 aromatic rings. The number of nitrogens with one attached hydrogen (secondary N) is 1. The Hall–Kier alpha value is -1.44. The first-order valence-electron chi connectivity index (χ1n) is 6.32. The Morgan fingerprint density at radius 1 is 1.29 bits per heavy atom. The quantitative estimate of drug-likeness (QED) is 0.829. The molecule has 0 radical (unpaired) electrons. The second-order valence-corrected chi connectivity index (χ2v) is 8.00. The van der Waals surface area contributed by atoms with Crippen molar-refractivity contribution in [3.63, 3.8) is 0 Å². The molecule has 7 heteroatoms. The highest BCUT2D eigenvalue weighted by Gasteiger charge is 2.27. The van der Waals surface area contributed by atoms with Gasteiger partial charge in [0.05, 0.1) is 5.69 Å². The van der Waals surface area contributed by atoms with Crippen LogP contribution in [-0.4, -0.2) is 15.0 Å². The summed E-state index contributed by atoms with van der Waals surface area (Å²) >= 11 is 1.55. The molecule has 0 spiro atoms. The molecule has 1 aromatic carbocycles. The monoisotopic (exact) mass is 328 g/mol. The van der Waals surface area contributed by atoms with Crippen molar-refractivity contribution < 1.29 is 12.8 Å². The van der Waals surface area contributed by atoms with Crippen molar-refractivity contribution in [3.8, 4) is 0 Å². The molecule has 0 amide bonds. The highest BCUT2D eigenvalue weighted by Crippen LogP contribution is 2.28. The topological polar surface area (TPSA) is 72.2 Å². The number of halogens is 1. The molecule has 0 bridgehead atoms.